The summed E-state index contributed by atoms with van der Waals surface area (Å²) >= 11 is 21.1. The van der Waals surface area contributed by atoms with Crippen LogP contribution in [0.1, 0.15) is 10.4 Å². The van der Waals surface area contributed by atoms with Gasteiger partial charge in [-0.05, 0) is 36.4 Å². The van der Waals surface area contributed by atoms with Crippen molar-refractivity contribution < 1.29 is 4.79 Å². The number of carbonyl (C=O) groups excluding carboxylic acids is 1. The highest BCUT2D eigenvalue weighted by Crippen LogP contribution is 2.22. The SMILES string of the molecule is Clc1cc(Br)cc(Br)c1.O=Cc1cc(Cl)cc(Br)c1. The number of carbonyl (C=O) groups is 1. The average Bonchev–Trinajstić information content (AvgIpc) is 2.26. The average molecular weight is 490 g/mol. The van der Waals surface area contributed by atoms with Crippen molar-refractivity contribution in [2.75, 3.05) is 0 Å². The summed E-state index contributed by atoms with van der Waals surface area (Å²) in [5.74, 6) is 0. The van der Waals surface area contributed by atoms with Crippen molar-refractivity contribution in [2.24, 2.45) is 0 Å². The lowest BCUT2D eigenvalue weighted by Gasteiger charge is -1.93. The molecule has 0 N–H and O–H groups in total. The standard InChI is InChI=1S/C7H4BrClO.C6H3Br2Cl/c8-6-1-5(4-10)2-7(9)3-6;7-4-1-5(8)3-6(9)2-4/h1-4H;1-3H. The molecular formula is C13H7Br3Cl2O. The minimum atomic E-state index is 0.566. The normalized spacial score (nSPS) is 9.53. The van der Waals surface area contributed by atoms with E-state index >= 15 is 0 Å². The largest absolute Gasteiger partial charge is 0.298 e. The number of halogens is 5. The summed E-state index contributed by atoms with van der Waals surface area (Å²) in [4.78, 5) is 10.2. The molecule has 100 valence electrons. The highest BCUT2D eigenvalue weighted by Gasteiger charge is 1.94. The minimum absolute atomic E-state index is 0.566. The van der Waals surface area contributed by atoms with E-state index in [4.69, 9.17) is 23.2 Å². The van der Waals surface area contributed by atoms with Gasteiger partial charge in [0.1, 0.15) is 6.29 Å². The van der Waals surface area contributed by atoms with Crippen LogP contribution < -0.4 is 0 Å². The third-order valence-corrected chi connectivity index (χ3v) is 3.66. The van der Waals surface area contributed by atoms with Gasteiger partial charge >= 0.3 is 0 Å². The van der Waals surface area contributed by atoms with Crippen molar-refractivity contribution in [3.8, 4) is 0 Å². The van der Waals surface area contributed by atoms with Crippen molar-refractivity contribution in [3.05, 3.63) is 65.4 Å². The quantitative estimate of drug-likeness (QED) is 0.404. The van der Waals surface area contributed by atoms with Gasteiger partial charge in [0.05, 0.1) is 0 Å². The molecule has 2 aromatic carbocycles. The molecule has 0 aliphatic carbocycles. The van der Waals surface area contributed by atoms with Crippen molar-refractivity contribution in [3.63, 3.8) is 0 Å². The van der Waals surface area contributed by atoms with Crippen LogP contribution in [0.3, 0.4) is 0 Å². The smallest absolute Gasteiger partial charge is 0.150 e. The summed E-state index contributed by atoms with van der Waals surface area (Å²) in [6, 6.07) is 10.7. The first-order chi connectivity index (χ1) is 8.90. The Morgan fingerprint density at radius 2 is 1.16 bits per heavy atom. The van der Waals surface area contributed by atoms with E-state index in [1.54, 1.807) is 18.2 Å². The van der Waals surface area contributed by atoms with E-state index in [0.717, 1.165) is 24.7 Å². The first-order valence-electron chi connectivity index (χ1n) is 4.93. The predicted octanol–water partition coefficient (Wildman–Crippen LogP) is 6.78. The molecule has 0 fully saturated rings. The molecular weight excluding hydrogens is 483 g/mol. The summed E-state index contributed by atoms with van der Waals surface area (Å²) < 4.78 is 2.80. The zero-order valence-electron chi connectivity index (χ0n) is 9.34. The summed E-state index contributed by atoms with van der Waals surface area (Å²) in [5, 5.41) is 1.30. The molecule has 0 bridgehead atoms. The molecule has 0 saturated heterocycles. The highest BCUT2D eigenvalue weighted by atomic mass is 79.9. The van der Waals surface area contributed by atoms with Crippen molar-refractivity contribution in [1.82, 2.24) is 0 Å². The highest BCUT2D eigenvalue weighted by molar-refractivity contribution is 9.11. The van der Waals surface area contributed by atoms with Gasteiger partial charge in [-0.3, -0.25) is 4.79 Å². The summed E-state index contributed by atoms with van der Waals surface area (Å²) in [6.45, 7) is 0. The summed E-state index contributed by atoms with van der Waals surface area (Å²) in [7, 11) is 0. The van der Waals surface area contributed by atoms with E-state index in [1.165, 1.54) is 0 Å². The van der Waals surface area contributed by atoms with E-state index < -0.39 is 0 Å². The Hall–Kier alpha value is 0.130. The Labute approximate surface area is 146 Å². The van der Waals surface area contributed by atoms with Gasteiger partial charge < -0.3 is 0 Å². The van der Waals surface area contributed by atoms with Gasteiger partial charge in [0.15, 0.2) is 0 Å². The zero-order valence-corrected chi connectivity index (χ0v) is 15.6. The molecule has 0 heterocycles. The summed E-state index contributed by atoms with van der Waals surface area (Å²) in [5.41, 5.74) is 0.583. The lowest BCUT2D eigenvalue weighted by atomic mass is 10.2. The topological polar surface area (TPSA) is 17.1 Å². The zero-order chi connectivity index (χ0) is 14.4. The number of hydrogen-bond donors (Lipinski definition) is 0. The molecule has 0 radical (unpaired) electrons. The van der Waals surface area contributed by atoms with Crippen LogP contribution in [0.2, 0.25) is 10.0 Å². The van der Waals surface area contributed by atoms with Crippen LogP contribution in [0.4, 0.5) is 0 Å². The summed E-state index contributed by atoms with van der Waals surface area (Å²) in [6.07, 6.45) is 0.761. The van der Waals surface area contributed by atoms with Crippen LogP contribution in [0.15, 0.2) is 49.8 Å². The molecule has 0 unspecified atom stereocenters. The molecule has 1 nitrogen and oxygen atoms in total. The van der Waals surface area contributed by atoms with E-state index in [1.807, 2.05) is 18.2 Å². The van der Waals surface area contributed by atoms with Crippen LogP contribution >= 0.6 is 71.0 Å². The molecule has 0 saturated carbocycles. The van der Waals surface area contributed by atoms with Crippen LogP contribution in [-0.4, -0.2) is 6.29 Å². The molecule has 6 heteroatoms. The second kappa shape index (κ2) is 8.42. The van der Waals surface area contributed by atoms with Crippen LogP contribution in [0, 0.1) is 0 Å². The minimum Gasteiger partial charge on any atom is -0.298 e. The Balaban J connectivity index is 0.000000191. The van der Waals surface area contributed by atoms with Gasteiger partial charge in [0.2, 0.25) is 0 Å². The molecule has 0 aliphatic heterocycles. The molecule has 2 aromatic rings. The first kappa shape index (κ1) is 17.2. The third kappa shape index (κ3) is 6.91. The van der Waals surface area contributed by atoms with E-state index in [0.29, 0.717) is 10.6 Å². The van der Waals surface area contributed by atoms with Gasteiger partial charge in [0, 0.05) is 29.0 Å². The van der Waals surface area contributed by atoms with E-state index in [2.05, 4.69) is 47.8 Å². The Bertz CT molecular complexity index is 517. The van der Waals surface area contributed by atoms with E-state index in [9.17, 15) is 4.79 Å². The lowest BCUT2D eigenvalue weighted by Crippen LogP contribution is -1.78. The second-order valence-corrected chi connectivity index (χ2v) is 7.03. The molecule has 0 spiro atoms. The second-order valence-electron chi connectivity index (χ2n) is 3.41. The van der Waals surface area contributed by atoms with Gasteiger partial charge in [-0.15, -0.1) is 0 Å². The molecule has 0 aromatic heterocycles. The van der Waals surface area contributed by atoms with Crippen molar-refractivity contribution in [1.29, 1.82) is 0 Å². The number of hydrogen-bond acceptors (Lipinski definition) is 1. The molecule has 19 heavy (non-hydrogen) atoms. The third-order valence-electron chi connectivity index (χ3n) is 1.85. The molecule has 0 amide bonds. The molecule has 0 atom stereocenters. The lowest BCUT2D eigenvalue weighted by molar-refractivity contribution is 0.112. The molecule has 2 rings (SSSR count). The van der Waals surface area contributed by atoms with Crippen molar-refractivity contribution >= 4 is 77.3 Å². The van der Waals surface area contributed by atoms with Crippen LogP contribution in [0.25, 0.3) is 0 Å². The maximum Gasteiger partial charge on any atom is 0.150 e. The number of rotatable bonds is 1. The number of benzene rings is 2. The maximum absolute atomic E-state index is 10.2. The first-order valence-corrected chi connectivity index (χ1v) is 8.07. The number of aldehydes is 1. The predicted molar refractivity (Wildman–Crippen MR) is 91.4 cm³/mol. The van der Waals surface area contributed by atoms with Gasteiger partial charge in [-0.1, -0.05) is 71.0 Å². The van der Waals surface area contributed by atoms with Gasteiger partial charge in [0.25, 0.3) is 0 Å². The fourth-order valence-electron chi connectivity index (χ4n) is 1.16. The fraction of sp³-hybridized carbons (Fsp3) is 0. The fourth-order valence-corrected chi connectivity index (χ4v) is 3.84. The van der Waals surface area contributed by atoms with Crippen LogP contribution in [-0.2, 0) is 0 Å². The Kier molecular flexibility index (Phi) is 7.62. The van der Waals surface area contributed by atoms with Gasteiger partial charge in [-0.2, -0.15) is 0 Å². The Morgan fingerprint density at radius 3 is 1.53 bits per heavy atom. The van der Waals surface area contributed by atoms with E-state index in [-0.39, 0.29) is 0 Å². The maximum atomic E-state index is 10.2. The van der Waals surface area contributed by atoms with Gasteiger partial charge in [-0.25, -0.2) is 0 Å². The van der Waals surface area contributed by atoms with Crippen LogP contribution in [0.5, 0.6) is 0 Å². The Morgan fingerprint density at radius 1 is 0.737 bits per heavy atom. The van der Waals surface area contributed by atoms with Crippen molar-refractivity contribution in [2.45, 2.75) is 0 Å². The monoisotopic (exact) mass is 486 g/mol. The molecule has 0 aliphatic rings.